The van der Waals surface area contributed by atoms with Crippen molar-refractivity contribution in [1.29, 1.82) is 0 Å². The first-order valence-electron chi connectivity index (χ1n) is 6.99. The summed E-state index contributed by atoms with van der Waals surface area (Å²) < 4.78 is 0. The molecule has 0 saturated carbocycles. The normalized spacial score (nSPS) is 12.0. The molecular weight excluding hydrogens is 240 g/mol. The van der Waals surface area contributed by atoms with Crippen LogP contribution in [0.3, 0.4) is 0 Å². The molecule has 1 heterocycles. The van der Waals surface area contributed by atoms with Gasteiger partial charge in [0.15, 0.2) is 5.69 Å². The van der Waals surface area contributed by atoms with Gasteiger partial charge in [-0.15, -0.1) is 10.2 Å². The number of rotatable bonds is 7. The van der Waals surface area contributed by atoms with Crippen LogP contribution in [0.4, 0.5) is 5.82 Å². The highest BCUT2D eigenvalue weighted by Crippen LogP contribution is 2.09. The summed E-state index contributed by atoms with van der Waals surface area (Å²) in [5, 5.41) is 11.1. The van der Waals surface area contributed by atoms with Crippen LogP contribution in [0.1, 0.15) is 44.6 Å². The number of hydrogen-bond donors (Lipinski definition) is 1. The molecule has 5 heteroatoms. The number of carbonyl (C=O) groups is 1. The van der Waals surface area contributed by atoms with Gasteiger partial charge in [0.2, 0.25) is 0 Å². The second-order valence-electron chi connectivity index (χ2n) is 4.69. The molecule has 0 aliphatic carbocycles. The van der Waals surface area contributed by atoms with Crippen molar-refractivity contribution < 1.29 is 4.79 Å². The molecule has 1 unspecified atom stereocenters. The van der Waals surface area contributed by atoms with E-state index in [-0.39, 0.29) is 5.91 Å². The highest BCUT2D eigenvalue weighted by molar-refractivity contribution is 5.92. The van der Waals surface area contributed by atoms with Crippen LogP contribution in [0, 0.1) is 5.92 Å². The summed E-state index contributed by atoms with van der Waals surface area (Å²) in [7, 11) is 0. The van der Waals surface area contributed by atoms with Gasteiger partial charge in [0.05, 0.1) is 0 Å². The number of nitrogens with zero attached hydrogens (tertiary/aromatic N) is 3. The molecule has 19 heavy (non-hydrogen) atoms. The van der Waals surface area contributed by atoms with Gasteiger partial charge in [-0.2, -0.15) is 0 Å². The molecule has 1 aromatic rings. The van der Waals surface area contributed by atoms with Gasteiger partial charge < -0.3 is 10.2 Å². The Balaban J connectivity index is 2.73. The summed E-state index contributed by atoms with van der Waals surface area (Å²) in [4.78, 5) is 14.1. The zero-order chi connectivity index (χ0) is 14.3. The lowest BCUT2D eigenvalue weighted by molar-refractivity contribution is 0.0734. The molecule has 1 atom stereocenters. The van der Waals surface area contributed by atoms with E-state index in [4.69, 9.17) is 0 Å². The van der Waals surface area contributed by atoms with Crippen molar-refractivity contribution in [3.8, 4) is 0 Å². The van der Waals surface area contributed by atoms with Crippen LogP contribution < -0.4 is 5.32 Å². The summed E-state index contributed by atoms with van der Waals surface area (Å²) >= 11 is 0. The van der Waals surface area contributed by atoms with Gasteiger partial charge in [-0.3, -0.25) is 4.79 Å². The highest BCUT2D eigenvalue weighted by atomic mass is 16.2. The van der Waals surface area contributed by atoms with Crippen LogP contribution in [0.15, 0.2) is 12.1 Å². The SMILES string of the molecule is CCNc1ccc(C(=O)N(CC)CC(C)CC)nn1. The predicted octanol–water partition coefficient (Wildman–Crippen LogP) is 2.42. The van der Waals surface area contributed by atoms with Crippen LogP contribution in [0.5, 0.6) is 0 Å². The smallest absolute Gasteiger partial charge is 0.274 e. The molecule has 0 aromatic carbocycles. The molecule has 0 spiro atoms. The fraction of sp³-hybridized carbons (Fsp3) is 0.643. The number of hydrogen-bond acceptors (Lipinski definition) is 4. The standard InChI is InChI=1S/C14H24N4O/c1-5-11(4)10-18(7-3)14(19)12-8-9-13(15-6-2)17-16-12/h8-9,11H,5-7,10H2,1-4H3,(H,15,17). The van der Waals surface area contributed by atoms with Gasteiger partial charge in [-0.1, -0.05) is 20.3 Å². The molecule has 1 amide bonds. The Kier molecular flexibility index (Phi) is 6.25. The van der Waals surface area contributed by atoms with Crippen LogP contribution in [0.2, 0.25) is 0 Å². The predicted molar refractivity (Wildman–Crippen MR) is 77.2 cm³/mol. The summed E-state index contributed by atoms with van der Waals surface area (Å²) in [5.41, 5.74) is 0.409. The van der Waals surface area contributed by atoms with Crippen molar-refractivity contribution in [2.24, 2.45) is 5.92 Å². The van der Waals surface area contributed by atoms with Crippen molar-refractivity contribution in [2.45, 2.75) is 34.1 Å². The Labute approximate surface area is 115 Å². The van der Waals surface area contributed by atoms with Gasteiger partial charge in [-0.05, 0) is 31.9 Å². The van der Waals surface area contributed by atoms with E-state index >= 15 is 0 Å². The third-order valence-electron chi connectivity index (χ3n) is 3.14. The minimum absolute atomic E-state index is 0.0432. The lowest BCUT2D eigenvalue weighted by atomic mass is 10.1. The topological polar surface area (TPSA) is 58.1 Å². The fourth-order valence-electron chi connectivity index (χ4n) is 1.74. The maximum atomic E-state index is 12.3. The molecule has 106 valence electrons. The van der Waals surface area contributed by atoms with Crippen LogP contribution in [-0.2, 0) is 0 Å². The Morgan fingerprint density at radius 1 is 1.32 bits per heavy atom. The van der Waals surface area contributed by atoms with Crippen LogP contribution >= 0.6 is 0 Å². The third kappa shape index (κ3) is 4.50. The van der Waals surface area contributed by atoms with Crippen molar-refractivity contribution in [3.05, 3.63) is 17.8 Å². The number of amides is 1. The first-order valence-corrected chi connectivity index (χ1v) is 6.99. The third-order valence-corrected chi connectivity index (χ3v) is 3.14. The van der Waals surface area contributed by atoms with Crippen LogP contribution in [0.25, 0.3) is 0 Å². The number of anilines is 1. The van der Waals surface area contributed by atoms with Gasteiger partial charge in [0.1, 0.15) is 5.82 Å². The molecular formula is C14H24N4O. The number of aromatic nitrogens is 2. The van der Waals surface area contributed by atoms with E-state index in [9.17, 15) is 4.79 Å². The molecule has 5 nitrogen and oxygen atoms in total. The van der Waals surface area contributed by atoms with Crippen molar-refractivity contribution in [1.82, 2.24) is 15.1 Å². The van der Waals surface area contributed by atoms with E-state index in [1.54, 1.807) is 12.1 Å². The van der Waals surface area contributed by atoms with E-state index in [1.807, 2.05) is 18.7 Å². The average Bonchev–Trinajstić information content (AvgIpc) is 2.45. The molecule has 0 radical (unpaired) electrons. The van der Waals surface area contributed by atoms with Gasteiger partial charge >= 0.3 is 0 Å². The molecule has 1 rings (SSSR count). The lowest BCUT2D eigenvalue weighted by Gasteiger charge is -2.23. The first-order chi connectivity index (χ1) is 9.12. The summed E-state index contributed by atoms with van der Waals surface area (Å²) in [6.45, 7) is 10.5. The van der Waals surface area contributed by atoms with E-state index < -0.39 is 0 Å². The Bertz CT molecular complexity index is 391. The zero-order valence-electron chi connectivity index (χ0n) is 12.3. The summed E-state index contributed by atoms with van der Waals surface area (Å²) in [6, 6.07) is 3.52. The minimum Gasteiger partial charge on any atom is -0.369 e. The average molecular weight is 264 g/mol. The summed E-state index contributed by atoms with van der Waals surface area (Å²) in [6.07, 6.45) is 1.06. The maximum absolute atomic E-state index is 12.3. The van der Waals surface area contributed by atoms with E-state index in [2.05, 4.69) is 29.4 Å². The molecule has 1 N–H and O–H groups in total. The van der Waals surface area contributed by atoms with E-state index in [0.29, 0.717) is 24.0 Å². The second kappa shape index (κ2) is 7.71. The van der Waals surface area contributed by atoms with E-state index in [0.717, 1.165) is 19.5 Å². The molecule has 0 aliphatic heterocycles. The Morgan fingerprint density at radius 3 is 2.53 bits per heavy atom. The van der Waals surface area contributed by atoms with Crippen molar-refractivity contribution >= 4 is 11.7 Å². The molecule has 0 fully saturated rings. The van der Waals surface area contributed by atoms with Crippen molar-refractivity contribution in [3.63, 3.8) is 0 Å². The first kappa shape index (κ1) is 15.4. The van der Waals surface area contributed by atoms with Crippen molar-refractivity contribution in [2.75, 3.05) is 25.0 Å². The van der Waals surface area contributed by atoms with Crippen LogP contribution in [-0.4, -0.2) is 40.6 Å². The zero-order valence-corrected chi connectivity index (χ0v) is 12.3. The molecule has 0 saturated heterocycles. The number of carbonyl (C=O) groups excluding carboxylic acids is 1. The van der Waals surface area contributed by atoms with Gasteiger partial charge in [0, 0.05) is 19.6 Å². The van der Waals surface area contributed by atoms with Gasteiger partial charge in [0.25, 0.3) is 5.91 Å². The Morgan fingerprint density at radius 2 is 2.05 bits per heavy atom. The second-order valence-corrected chi connectivity index (χ2v) is 4.69. The molecule has 0 aliphatic rings. The quantitative estimate of drug-likeness (QED) is 0.821. The summed E-state index contributed by atoms with van der Waals surface area (Å²) in [5.74, 6) is 1.15. The maximum Gasteiger partial charge on any atom is 0.274 e. The monoisotopic (exact) mass is 264 g/mol. The van der Waals surface area contributed by atoms with E-state index in [1.165, 1.54) is 0 Å². The Hall–Kier alpha value is -1.65. The minimum atomic E-state index is -0.0432. The molecule has 0 bridgehead atoms. The fourth-order valence-corrected chi connectivity index (χ4v) is 1.74. The van der Waals surface area contributed by atoms with Gasteiger partial charge in [-0.25, -0.2) is 0 Å². The number of nitrogens with one attached hydrogen (secondary N) is 1. The lowest BCUT2D eigenvalue weighted by Crippen LogP contribution is -2.35. The molecule has 1 aromatic heterocycles. The largest absolute Gasteiger partial charge is 0.369 e. The highest BCUT2D eigenvalue weighted by Gasteiger charge is 2.17.